The fourth-order valence-electron chi connectivity index (χ4n) is 0.613. The Morgan fingerprint density at radius 3 is 2.82 bits per heavy atom. The van der Waals surface area contributed by atoms with Crippen LogP contribution in [0.3, 0.4) is 0 Å². The Labute approximate surface area is 71.1 Å². The highest BCUT2D eigenvalue weighted by Gasteiger charge is 2.05. The number of nitrogen functional groups attached to an aromatic ring is 1. The Hall–Kier alpha value is -0.970. The quantitative estimate of drug-likeness (QED) is 0.550. The van der Waals surface area contributed by atoms with Crippen molar-refractivity contribution in [2.75, 3.05) is 0 Å². The number of halogens is 2. The molecule has 1 aromatic rings. The molecule has 58 valence electrons. The van der Waals surface area contributed by atoms with E-state index in [1.165, 1.54) is 12.3 Å². The number of nitrogens with zero attached hydrogens (tertiary/aromatic N) is 1. The molecule has 5 heteroatoms. The van der Waals surface area contributed by atoms with Gasteiger partial charge in [-0.25, -0.2) is 9.37 Å². The molecule has 0 aromatic carbocycles. The minimum atomic E-state index is -0.591. The zero-order valence-electron chi connectivity index (χ0n) is 5.44. The number of hydrogen-bond donors (Lipinski definition) is 2. The van der Waals surface area contributed by atoms with Crippen molar-refractivity contribution >= 4 is 21.8 Å². The van der Waals surface area contributed by atoms with Crippen LogP contribution >= 0.6 is 15.9 Å². The summed E-state index contributed by atoms with van der Waals surface area (Å²) in [7, 11) is 0. The lowest BCUT2D eigenvalue weighted by molar-refractivity contribution is 0.616. The zero-order chi connectivity index (χ0) is 8.43. The van der Waals surface area contributed by atoms with Gasteiger partial charge in [0.15, 0.2) is 5.82 Å². The first kappa shape index (κ1) is 8.13. The summed E-state index contributed by atoms with van der Waals surface area (Å²) in [5.41, 5.74) is 4.91. The number of rotatable bonds is 1. The van der Waals surface area contributed by atoms with Gasteiger partial charge in [0.1, 0.15) is 11.5 Å². The van der Waals surface area contributed by atoms with Crippen LogP contribution in [-0.2, 0) is 0 Å². The molecule has 3 N–H and O–H groups in total. The molecule has 0 radical (unpaired) electrons. The molecule has 0 fully saturated rings. The molecular weight excluding hydrogens is 213 g/mol. The van der Waals surface area contributed by atoms with Crippen LogP contribution < -0.4 is 5.73 Å². The summed E-state index contributed by atoms with van der Waals surface area (Å²) in [6, 6.07) is 1.21. The number of amidine groups is 1. The Bertz CT molecular complexity index is 300. The minimum absolute atomic E-state index is 0.117. The van der Waals surface area contributed by atoms with Gasteiger partial charge in [-0.05, 0) is 22.0 Å². The SMILES string of the molecule is N=C(N)c1ncc(Br)cc1F. The van der Waals surface area contributed by atoms with Crippen molar-refractivity contribution in [1.29, 1.82) is 5.41 Å². The molecular formula is C6H5BrFN3. The average molecular weight is 218 g/mol. The lowest BCUT2D eigenvalue weighted by Gasteiger charge is -1.98. The Morgan fingerprint density at radius 1 is 1.73 bits per heavy atom. The number of nitrogens with one attached hydrogen (secondary N) is 1. The highest BCUT2D eigenvalue weighted by atomic mass is 79.9. The molecule has 0 unspecified atom stereocenters. The van der Waals surface area contributed by atoms with Crippen molar-refractivity contribution < 1.29 is 4.39 Å². The second-order valence-electron chi connectivity index (χ2n) is 1.90. The number of pyridine rings is 1. The van der Waals surface area contributed by atoms with Crippen LogP contribution in [0.25, 0.3) is 0 Å². The molecule has 0 aliphatic rings. The van der Waals surface area contributed by atoms with Gasteiger partial charge in [0.25, 0.3) is 0 Å². The zero-order valence-corrected chi connectivity index (χ0v) is 7.02. The molecule has 3 nitrogen and oxygen atoms in total. The van der Waals surface area contributed by atoms with E-state index in [4.69, 9.17) is 11.1 Å². The molecule has 0 saturated heterocycles. The topological polar surface area (TPSA) is 62.8 Å². The maximum atomic E-state index is 12.8. The monoisotopic (exact) mass is 217 g/mol. The Balaban J connectivity index is 3.20. The van der Waals surface area contributed by atoms with Crippen LogP contribution in [0.4, 0.5) is 4.39 Å². The molecule has 0 atom stereocenters. The Kier molecular flexibility index (Phi) is 2.19. The summed E-state index contributed by atoms with van der Waals surface area (Å²) in [6.07, 6.45) is 1.39. The van der Waals surface area contributed by atoms with E-state index in [2.05, 4.69) is 20.9 Å². The lowest BCUT2D eigenvalue weighted by Crippen LogP contribution is -2.15. The van der Waals surface area contributed by atoms with Crippen LogP contribution in [0.1, 0.15) is 5.69 Å². The third-order valence-electron chi connectivity index (χ3n) is 1.06. The lowest BCUT2D eigenvalue weighted by atomic mass is 10.3. The third kappa shape index (κ3) is 1.74. The van der Waals surface area contributed by atoms with E-state index >= 15 is 0 Å². The average Bonchev–Trinajstić information content (AvgIpc) is 1.85. The van der Waals surface area contributed by atoms with Gasteiger partial charge >= 0.3 is 0 Å². The highest BCUT2D eigenvalue weighted by molar-refractivity contribution is 9.10. The van der Waals surface area contributed by atoms with Crippen LogP contribution in [0, 0.1) is 11.2 Å². The normalized spacial score (nSPS) is 9.64. The summed E-state index contributed by atoms with van der Waals surface area (Å²) in [5, 5.41) is 6.91. The third-order valence-corrected chi connectivity index (χ3v) is 1.50. The predicted molar refractivity (Wildman–Crippen MR) is 42.9 cm³/mol. The second-order valence-corrected chi connectivity index (χ2v) is 2.81. The molecule has 0 amide bonds. The first-order valence-electron chi connectivity index (χ1n) is 2.76. The van der Waals surface area contributed by atoms with E-state index in [1.54, 1.807) is 0 Å². The van der Waals surface area contributed by atoms with Crippen molar-refractivity contribution in [2.24, 2.45) is 5.73 Å². The molecule has 0 bridgehead atoms. The summed E-state index contributed by atoms with van der Waals surface area (Å²) in [4.78, 5) is 3.61. The standard InChI is InChI=1S/C6H5BrFN3/c7-3-1-4(8)5(6(9)10)11-2-3/h1-2H,(H3,9,10). The second kappa shape index (κ2) is 2.96. The first-order valence-corrected chi connectivity index (χ1v) is 3.56. The van der Waals surface area contributed by atoms with Gasteiger partial charge in [0.2, 0.25) is 0 Å². The first-order chi connectivity index (χ1) is 5.11. The smallest absolute Gasteiger partial charge is 0.153 e. The molecule has 0 aliphatic heterocycles. The van der Waals surface area contributed by atoms with Gasteiger partial charge in [-0.3, -0.25) is 5.41 Å². The van der Waals surface area contributed by atoms with E-state index in [9.17, 15) is 4.39 Å². The van der Waals surface area contributed by atoms with Gasteiger partial charge < -0.3 is 5.73 Å². The summed E-state index contributed by atoms with van der Waals surface area (Å²) >= 11 is 3.03. The van der Waals surface area contributed by atoms with E-state index in [1.807, 2.05) is 0 Å². The number of aromatic nitrogens is 1. The minimum Gasteiger partial charge on any atom is -0.382 e. The summed E-state index contributed by atoms with van der Waals surface area (Å²) < 4.78 is 13.3. The van der Waals surface area contributed by atoms with Gasteiger partial charge in [-0.2, -0.15) is 0 Å². The van der Waals surface area contributed by atoms with E-state index in [0.29, 0.717) is 4.47 Å². The van der Waals surface area contributed by atoms with Gasteiger partial charge in [-0.1, -0.05) is 0 Å². The largest absolute Gasteiger partial charge is 0.382 e. The predicted octanol–water partition coefficient (Wildman–Crippen LogP) is 1.27. The van der Waals surface area contributed by atoms with Gasteiger partial charge in [0.05, 0.1) is 0 Å². The number of nitrogens with two attached hydrogens (primary N) is 1. The van der Waals surface area contributed by atoms with Crippen molar-refractivity contribution in [3.8, 4) is 0 Å². The molecule has 1 rings (SSSR count). The van der Waals surface area contributed by atoms with Crippen molar-refractivity contribution in [1.82, 2.24) is 4.98 Å². The van der Waals surface area contributed by atoms with Crippen LogP contribution in [-0.4, -0.2) is 10.8 Å². The van der Waals surface area contributed by atoms with E-state index in [0.717, 1.165) is 0 Å². The van der Waals surface area contributed by atoms with Crippen LogP contribution in [0.15, 0.2) is 16.7 Å². The summed E-state index contributed by atoms with van der Waals surface area (Å²) in [5.74, 6) is -0.957. The van der Waals surface area contributed by atoms with Crippen molar-refractivity contribution in [2.45, 2.75) is 0 Å². The fourth-order valence-corrected chi connectivity index (χ4v) is 0.916. The summed E-state index contributed by atoms with van der Waals surface area (Å²) in [6.45, 7) is 0. The molecule has 0 saturated carbocycles. The van der Waals surface area contributed by atoms with E-state index < -0.39 is 5.82 Å². The number of hydrogen-bond acceptors (Lipinski definition) is 2. The maximum Gasteiger partial charge on any atom is 0.153 e. The van der Waals surface area contributed by atoms with Crippen LogP contribution in [0.2, 0.25) is 0 Å². The molecule has 0 spiro atoms. The molecule has 1 aromatic heterocycles. The van der Waals surface area contributed by atoms with Crippen molar-refractivity contribution in [3.05, 3.63) is 28.2 Å². The van der Waals surface area contributed by atoms with Crippen LogP contribution in [0.5, 0.6) is 0 Å². The molecule has 0 aliphatic carbocycles. The fraction of sp³-hybridized carbons (Fsp3) is 0. The maximum absolute atomic E-state index is 12.8. The highest BCUT2D eigenvalue weighted by Crippen LogP contribution is 2.11. The van der Waals surface area contributed by atoms with Crippen molar-refractivity contribution in [3.63, 3.8) is 0 Å². The Morgan fingerprint density at radius 2 is 2.36 bits per heavy atom. The van der Waals surface area contributed by atoms with Gasteiger partial charge in [-0.15, -0.1) is 0 Å². The molecule has 1 heterocycles. The van der Waals surface area contributed by atoms with Gasteiger partial charge in [0, 0.05) is 10.7 Å². The molecule has 11 heavy (non-hydrogen) atoms. The van der Waals surface area contributed by atoms with E-state index in [-0.39, 0.29) is 11.5 Å².